The second-order valence-corrected chi connectivity index (χ2v) is 8.00. The standard InChI is InChI=1S/C25H26FN3O3/c26-20-11-9-18(10-12-20)16-29-13-3-5-19(17-29)24(30)28-23-8-2-1-7-22(23)25(31)27-15-21-6-4-14-32-21/h1-2,4,6-12,14,19H,3,5,13,15-17H2,(H,27,31)(H,28,30). The van der Waals surface area contributed by atoms with E-state index in [9.17, 15) is 14.0 Å². The lowest BCUT2D eigenvalue weighted by molar-refractivity contribution is -0.121. The molecule has 166 valence electrons. The van der Waals surface area contributed by atoms with Gasteiger partial charge in [-0.05, 0) is 61.3 Å². The Morgan fingerprint density at radius 1 is 1.06 bits per heavy atom. The molecule has 2 aromatic carbocycles. The number of benzene rings is 2. The van der Waals surface area contributed by atoms with Gasteiger partial charge in [0.15, 0.2) is 0 Å². The van der Waals surface area contributed by atoms with Crippen molar-refractivity contribution in [1.82, 2.24) is 10.2 Å². The zero-order valence-corrected chi connectivity index (χ0v) is 17.7. The van der Waals surface area contributed by atoms with Gasteiger partial charge in [0.2, 0.25) is 5.91 Å². The maximum Gasteiger partial charge on any atom is 0.253 e. The molecule has 1 unspecified atom stereocenters. The highest BCUT2D eigenvalue weighted by atomic mass is 19.1. The normalized spacial score (nSPS) is 16.5. The molecule has 1 aromatic heterocycles. The van der Waals surface area contributed by atoms with Gasteiger partial charge in [-0.3, -0.25) is 14.5 Å². The first-order valence-corrected chi connectivity index (χ1v) is 10.8. The summed E-state index contributed by atoms with van der Waals surface area (Å²) < 4.78 is 18.4. The molecule has 32 heavy (non-hydrogen) atoms. The Balaban J connectivity index is 1.36. The van der Waals surface area contributed by atoms with Crippen molar-refractivity contribution >= 4 is 17.5 Å². The number of likely N-dealkylation sites (tertiary alicyclic amines) is 1. The quantitative estimate of drug-likeness (QED) is 0.583. The number of hydrogen-bond donors (Lipinski definition) is 2. The Labute approximate surface area is 186 Å². The smallest absolute Gasteiger partial charge is 0.253 e. The highest BCUT2D eigenvalue weighted by molar-refractivity contribution is 6.04. The number of piperidine rings is 1. The molecule has 2 N–H and O–H groups in total. The first-order chi connectivity index (χ1) is 15.6. The van der Waals surface area contributed by atoms with E-state index >= 15 is 0 Å². The minimum Gasteiger partial charge on any atom is -0.467 e. The first-order valence-electron chi connectivity index (χ1n) is 10.8. The summed E-state index contributed by atoms with van der Waals surface area (Å²) in [6, 6.07) is 17.0. The van der Waals surface area contributed by atoms with E-state index in [0.717, 1.165) is 24.9 Å². The Kier molecular flexibility index (Phi) is 6.97. The summed E-state index contributed by atoms with van der Waals surface area (Å²) in [5.41, 5.74) is 1.92. The molecule has 0 aliphatic carbocycles. The molecule has 0 bridgehead atoms. The van der Waals surface area contributed by atoms with Crippen LogP contribution >= 0.6 is 0 Å². The predicted octanol–water partition coefficient (Wildman–Crippen LogP) is 4.20. The number of nitrogens with one attached hydrogen (secondary N) is 2. The van der Waals surface area contributed by atoms with Crippen LogP contribution in [0.4, 0.5) is 10.1 Å². The molecule has 1 saturated heterocycles. The van der Waals surface area contributed by atoms with Gasteiger partial charge in [0.25, 0.3) is 5.91 Å². The fourth-order valence-electron chi connectivity index (χ4n) is 3.96. The van der Waals surface area contributed by atoms with E-state index in [0.29, 0.717) is 30.1 Å². The zero-order chi connectivity index (χ0) is 22.3. The van der Waals surface area contributed by atoms with Gasteiger partial charge < -0.3 is 15.1 Å². The predicted molar refractivity (Wildman–Crippen MR) is 119 cm³/mol. The molecule has 0 radical (unpaired) electrons. The van der Waals surface area contributed by atoms with Gasteiger partial charge in [-0.15, -0.1) is 0 Å². The molecule has 2 heterocycles. The number of amides is 2. The van der Waals surface area contributed by atoms with E-state index < -0.39 is 0 Å². The molecule has 7 heteroatoms. The molecular formula is C25H26FN3O3. The van der Waals surface area contributed by atoms with Crippen molar-refractivity contribution in [2.45, 2.75) is 25.9 Å². The van der Waals surface area contributed by atoms with Crippen LogP contribution < -0.4 is 10.6 Å². The van der Waals surface area contributed by atoms with Crippen LogP contribution in [0.2, 0.25) is 0 Å². The Morgan fingerprint density at radius 3 is 2.66 bits per heavy atom. The summed E-state index contributed by atoms with van der Waals surface area (Å²) in [6.07, 6.45) is 3.25. The van der Waals surface area contributed by atoms with Crippen molar-refractivity contribution in [2.75, 3.05) is 18.4 Å². The third-order valence-corrected chi connectivity index (χ3v) is 5.63. The Morgan fingerprint density at radius 2 is 1.88 bits per heavy atom. The number of anilines is 1. The molecular weight excluding hydrogens is 409 g/mol. The number of nitrogens with zero attached hydrogens (tertiary/aromatic N) is 1. The lowest BCUT2D eigenvalue weighted by Crippen LogP contribution is -2.40. The number of halogens is 1. The van der Waals surface area contributed by atoms with Crippen molar-refractivity contribution in [1.29, 1.82) is 0 Å². The number of rotatable bonds is 7. The topological polar surface area (TPSA) is 74.6 Å². The average Bonchev–Trinajstić information content (AvgIpc) is 3.33. The number of furan rings is 1. The van der Waals surface area contributed by atoms with Gasteiger partial charge in [0.1, 0.15) is 11.6 Å². The van der Waals surface area contributed by atoms with E-state index in [2.05, 4.69) is 15.5 Å². The SMILES string of the molecule is O=C(NCc1ccco1)c1ccccc1NC(=O)C1CCCN(Cc2ccc(F)cc2)C1. The van der Waals surface area contributed by atoms with Gasteiger partial charge in [-0.25, -0.2) is 4.39 Å². The molecule has 2 amide bonds. The lowest BCUT2D eigenvalue weighted by atomic mass is 9.96. The third kappa shape index (κ3) is 5.62. The number of carbonyl (C=O) groups excluding carboxylic acids is 2. The number of para-hydroxylation sites is 1. The van der Waals surface area contributed by atoms with Gasteiger partial charge in [-0.2, -0.15) is 0 Å². The fourth-order valence-corrected chi connectivity index (χ4v) is 3.96. The van der Waals surface area contributed by atoms with Crippen molar-refractivity contribution in [3.63, 3.8) is 0 Å². The van der Waals surface area contributed by atoms with Crippen LogP contribution in [0.3, 0.4) is 0 Å². The highest BCUT2D eigenvalue weighted by Crippen LogP contribution is 2.22. The summed E-state index contributed by atoms with van der Waals surface area (Å²) in [4.78, 5) is 27.9. The fraction of sp³-hybridized carbons (Fsp3) is 0.280. The molecule has 1 fully saturated rings. The first kappa shape index (κ1) is 21.8. The van der Waals surface area contributed by atoms with E-state index in [1.807, 2.05) is 0 Å². The molecule has 0 saturated carbocycles. The molecule has 3 aromatic rings. The molecule has 0 spiro atoms. The third-order valence-electron chi connectivity index (χ3n) is 5.63. The summed E-state index contributed by atoms with van der Waals surface area (Å²) in [5, 5.41) is 5.76. The van der Waals surface area contributed by atoms with E-state index in [1.165, 1.54) is 12.1 Å². The van der Waals surface area contributed by atoms with Crippen molar-refractivity contribution in [3.8, 4) is 0 Å². The summed E-state index contributed by atoms with van der Waals surface area (Å²) in [6.45, 7) is 2.47. The van der Waals surface area contributed by atoms with Crippen LogP contribution in [-0.4, -0.2) is 29.8 Å². The molecule has 1 aliphatic rings. The van der Waals surface area contributed by atoms with Crippen LogP contribution in [0.1, 0.15) is 34.5 Å². The molecule has 1 aliphatic heterocycles. The van der Waals surface area contributed by atoms with Crippen LogP contribution in [-0.2, 0) is 17.9 Å². The second-order valence-electron chi connectivity index (χ2n) is 8.00. The van der Waals surface area contributed by atoms with Gasteiger partial charge in [0, 0.05) is 13.1 Å². The Bertz CT molecular complexity index is 1050. The van der Waals surface area contributed by atoms with Crippen molar-refractivity contribution in [2.24, 2.45) is 5.92 Å². The lowest BCUT2D eigenvalue weighted by Gasteiger charge is -2.32. The number of carbonyl (C=O) groups is 2. The van der Waals surface area contributed by atoms with Crippen LogP contribution in [0, 0.1) is 11.7 Å². The highest BCUT2D eigenvalue weighted by Gasteiger charge is 2.26. The maximum atomic E-state index is 13.1. The van der Waals surface area contributed by atoms with E-state index in [-0.39, 0.29) is 30.1 Å². The minimum atomic E-state index is -0.279. The summed E-state index contributed by atoms with van der Waals surface area (Å²) in [7, 11) is 0. The van der Waals surface area contributed by atoms with Crippen LogP contribution in [0.25, 0.3) is 0 Å². The minimum absolute atomic E-state index is 0.0971. The van der Waals surface area contributed by atoms with Gasteiger partial charge >= 0.3 is 0 Å². The summed E-state index contributed by atoms with van der Waals surface area (Å²) >= 11 is 0. The second kappa shape index (κ2) is 10.2. The average molecular weight is 435 g/mol. The van der Waals surface area contributed by atoms with Crippen molar-refractivity contribution < 1.29 is 18.4 Å². The van der Waals surface area contributed by atoms with Crippen LogP contribution in [0.15, 0.2) is 71.3 Å². The zero-order valence-electron chi connectivity index (χ0n) is 17.7. The monoisotopic (exact) mass is 435 g/mol. The molecule has 1 atom stereocenters. The van der Waals surface area contributed by atoms with Gasteiger partial charge in [-0.1, -0.05) is 24.3 Å². The van der Waals surface area contributed by atoms with E-state index in [4.69, 9.17) is 4.42 Å². The van der Waals surface area contributed by atoms with E-state index in [1.54, 1.807) is 54.8 Å². The largest absolute Gasteiger partial charge is 0.467 e. The summed E-state index contributed by atoms with van der Waals surface area (Å²) in [5.74, 6) is -0.151. The van der Waals surface area contributed by atoms with Crippen LogP contribution in [0.5, 0.6) is 0 Å². The molecule has 6 nitrogen and oxygen atoms in total. The number of hydrogen-bond acceptors (Lipinski definition) is 4. The Hall–Kier alpha value is -3.45. The maximum absolute atomic E-state index is 13.1. The van der Waals surface area contributed by atoms with Crippen molar-refractivity contribution in [3.05, 3.63) is 89.6 Å². The van der Waals surface area contributed by atoms with Gasteiger partial charge in [0.05, 0.1) is 30.0 Å². The molecule has 4 rings (SSSR count).